The summed E-state index contributed by atoms with van der Waals surface area (Å²) in [5.74, 6) is 2.56. The maximum atomic E-state index is 13.0. The smallest absolute Gasteiger partial charge is 0.227 e. The van der Waals surface area contributed by atoms with Crippen LogP contribution in [0.1, 0.15) is 23.7 Å². The molecule has 0 aliphatic carbocycles. The minimum Gasteiger partial charge on any atom is -0.495 e. The van der Waals surface area contributed by atoms with Crippen LogP contribution in [0.4, 0.5) is 5.69 Å². The predicted octanol–water partition coefficient (Wildman–Crippen LogP) is 4.95. The van der Waals surface area contributed by atoms with Crippen molar-refractivity contribution in [3.05, 3.63) is 84.2 Å². The van der Waals surface area contributed by atoms with Crippen molar-refractivity contribution >= 4 is 22.6 Å². The van der Waals surface area contributed by atoms with Crippen LogP contribution in [0.2, 0.25) is 0 Å². The third-order valence-electron chi connectivity index (χ3n) is 6.12. The number of fused-ring (bicyclic) bond motifs is 1. The van der Waals surface area contributed by atoms with Gasteiger partial charge in [0, 0.05) is 18.9 Å². The molecule has 1 aromatic heterocycles. The van der Waals surface area contributed by atoms with Crippen LogP contribution in [-0.4, -0.2) is 35.7 Å². The molecule has 0 unspecified atom stereocenters. The van der Waals surface area contributed by atoms with Gasteiger partial charge in [0.2, 0.25) is 5.91 Å². The molecule has 33 heavy (non-hydrogen) atoms. The van der Waals surface area contributed by atoms with Crippen LogP contribution in [0.3, 0.4) is 0 Å². The molecule has 1 amide bonds. The monoisotopic (exact) mass is 441 g/mol. The Bertz CT molecular complexity index is 1300. The van der Waals surface area contributed by atoms with Crippen LogP contribution >= 0.6 is 0 Å². The maximum absolute atomic E-state index is 13.0. The summed E-state index contributed by atoms with van der Waals surface area (Å²) in [5, 5.41) is 0. The van der Waals surface area contributed by atoms with E-state index in [1.165, 1.54) is 5.56 Å². The Hall–Kier alpha value is -3.80. The van der Waals surface area contributed by atoms with Gasteiger partial charge in [-0.2, -0.15) is 0 Å². The second-order valence-corrected chi connectivity index (χ2v) is 8.35. The molecule has 1 aliphatic rings. The van der Waals surface area contributed by atoms with Gasteiger partial charge in [0.1, 0.15) is 23.9 Å². The van der Waals surface area contributed by atoms with E-state index in [2.05, 4.69) is 23.6 Å². The van der Waals surface area contributed by atoms with Crippen LogP contribution < -0.4 is 14.4 Å². The second kappa shape index (κ2) is 8.98. The standard InChI is InChI=1S/C27H27N3O3/c1-19-8-7-9-21(16-19)33-15-14-29-23-11-4-3-10-22(23)28-27(29)20-17-26(31)30(18-20)24-12-5-6-13-25(24)32-2/h3-13,16,20H,14-15,17-18H2,1-2H3/t20-/m1/s1. The molecule has 0 spiro atoms. The molecule has 0 N–H and O–H groups in total. The lowest BCUT2D eigenvalue weighted by Crippen LogP contribution is -2.25. The average molecular weight is 442 g/mol. The topological polar surface area (TPSA) is 56.6 Å². The Morgan fingerprint density at radius 2 is 1.85 bits per heavy atom. The van der Waals surface area contributed by atoms with Crippen molar-refractivity contribution in [3.63, 3.8) is 0 Å². The van der Waals surface area contributed by atoms with Crippen LogP contribution in [0.15, 0.2) is 72.8 Å². The number of nitrogens with zero attached hydrogens (tertiary/aromatic N) is 3. The van der Waals surface area contributed by atoms with E-state index in [9.17, 15) is 4.79 Å². The van der Waals surface area contributed by atoms with Crippen molar-refractivity contribution in [2.75, 3.05) is 25.2 Å². The Morgan fingerprint density at radius 3 is 2.70 bits per heavy atom. The molecular formula is C27H27N3O3. The summed E-state index contributed by atoms with van der Waals surface area (Å²) in [7, 11) is 1.63. The van der Waals surface area contributed by atoms with Gasteiger partial charge in [0.05, 0.1) is 30.4 Å². The number of benzene rings is 3. The summed E-state index contributed by atoms with van der Waals surface area (Å²) in [4.78, 5) is 19.7. The van der Waals surface area contributed by atoms with Gasteiger partial charge >= 0.3 is 0 Å². The number of aromatic nitrogens is 2. The van der Waals surface area contributed by atoms with Crippen molar-refractivity contribution in [2.45, 2.75) is 25.8 Å². The van der Waals surface area contributed by atoms with Gasteiger partial charge in [-0.15, -0.1) is 0 Å². The molecule has 0 radical (unpaired) electrons. The van der Waals surface area contributed by atoms with Crippen LogP contribution in [0, 0.1) is 6.92 Å². The van der Waals surface area contributed by atoms with E-state index in [0.29, 0.717) is 31.9 Å². The quantitative estimate of drug-likeness (QED) is 0.407. The first-order valence-corrected chi connectivity index (χ1v) is 11.2. The zero-order chi connectivity index (χ0) is 22.8. The third kappa shape index (κ3) is 4.16. The number of methoxy groups -OCH3 is 1. The number of carbonyl (C=O) groups excluding carboxylic acids is 1. The summed E-state index contributed by atoms with van der Waals surface area (Å²) in [6.07, 6.45) is 0.417. The largest absolute Gasteiger partial charge is 0.495 e. The van der Waals surface area contributed by atoms with Gasteiger partial charge in [0.15, 0.2) is 0 Å². The van der Waals surface area contributed by atoms with Crippen LogP contribution in [-0.2, 0) is 11.3 Å². The number of amides is 1. The number of rotatable bonds is 7. The Kier molecular flexibility index (Phi) is 5.73. The van der Waals surface area contributed by atoms with Gasteiger partial charge in [-0.25, -0.2) is 4.98 Å². The van der Waals surface area contributed by atoms with E-state index in [4.69, 9.17) is 14.5 Å². The fourth-order valence-electron chi connectivity index (χ4n) is 4.57. The zero-order valence-electron chi connectivity index (χ0n) is 18.9. The summed E-state index contributed by atoms with van der Waals surface area (Å²) >= 11 is 0. The molecule has 4 aromatic rings. The number of aryl methyl sites for hydroxylation is 1. The first-order valence-electron chi connectivity index (χ1n) is 11.2. The highest BCUT2D eigenvalue weighted by Crippen LogP contribution is 2.37. The highest BCUT2D eigenvalue weighted by molar-refractivity contribution is 5.97. The lowest BCUT2D eigenvalue weighted by Gasteiger charge is -2.20. The minimum atomic E-state index is -0.00576. The first-order chi connectivity index (χ1) is 16.1. The first kappa shape index (κ1) is 21.1. The summed E-state index contributed by atoms with van der Waals surface area (Å²) < 4.78 is 13.7. The molecular weight excluding hydrogens is 414 g/mol. The number of hydrogen-bond donors (Lipinski definition) is 0. The molecule has 6 heteroatoms. The number of carbonyl (C=O) groups is 1. The van der Waals surface area contributed by atoms with Crippen molar-refractivity contribution in [1.82, 2.24) is 9.55 Å². The van der Waals surface area contributed by atoms with E-state index < -0.39 is 0 Å². The highest BCUT2D eigenvalue weighted by Gasteiger charge is 2.35. The van der Waals surface area contributed by atoms with Gasteiger partial charge < -0.3 is 18.9 Å². The highest BCUT2D eigenvalue weighted by atomic mass is 16.5. The Morgan fingerprint density at radius 1 is 1.03 bits per heavy atom. The van der Waals surface area contributed by atoms with Gasteiger partial charge in [-0.3, -0.25) is 4.79 Å². The van der Waals surface area contributed by atoms with Crippen molar-refractivity contribution in [2.24, 2.45) is 0 Å². The molecule has 0 bridgehead atoms. The van der Waals surface area contributed by atoms with E-state index in [1.54, 1.807) is 7.11 Å². The molecule has 6 nitrogen and oxygen atoms in total. The second-order valence-electron chi connectivity index (χ2n) is 8.35. The summed E-state index contributed by atoms with van der Waals surface area (Å²) in [5.41, 5.74) is 3.97. The molecule has 2 heterocycles. The molecule has 1 atom stereocenters. The van der Waals surface area contributed by atoms with Crippen molar-refractivity contribution < 1.29 is 14.3 Å². The van der Waals surface area contributed by atoms with Crippen molar-refractivity contribution in [3.8, 4) is 11.5 Å². The SMILES string of the molecule is COc1ccccc1N1C[C@H](c2nc3ccccc3n2CCOc2cccc(C)c2)CC1=O. The van der Waals surface area contributed by atoms with E-state index in [0.717, 1.165) is 28.3 Å². The molecule has 168 valence electrons. The third-order valence-corrected chi connectivity index (χ3v) is 6.12. The van der Waals surface area contributed by atoms with Gasteiger partial charge in [-0.05, 0) is 48.9 Å². The predicted molar refractivity (Wildman–Crippen MR) is 129 cm³/mol. The van der Waals surface area contributed by atoms with Gasteiger partial charge in [-0.1, -0.05) is 36.4 Å². The normalized spacial score (nSPS) is 15.9. The number of hydrogen-bond acceptors (Lipinski definition) is 4. The maximum Gasteiger partial charge on any atom is 0.227 e. The number of ether oxygens (including phenoxy) is 2. The van der Waals surface area contributed by atoms with Gasteiger partial charge in [0.25, 0.3) is 0 Å². The number of imidazole rings is 1. The fraction of sp³-hybridized carbons (Fsp3) is 0.259. The lowest BCUT2D eigenvalue weighted by molar-refractivity contribution is -0.117. The molecule has 0 saturated carbocycles. The summed E-state index contributed by atoms with van der Waals surface area (Å²) in [6.45, 7) is 3.80. The van der Waals surface area contributed by atoms with Crippen molar-refractivity contribution in [1.29, 1.82) is 0 Å². The van der Waals surface area contributed by atoms with Crippen LogP contribution in [0.5, 0.6) is 11.5 Å². The average Bonchev–Trinajstić information content (AvgIpc) is 3.39. The molecule has 1 saturated heterocycles. The van der Waals surface area contributed by atoms with E-state index >= 15 is 0 Å². The molecule has 1 aliphatic heterocycles. The zero-order valence-corrected chi connectivity index (χ0v) is 18.9. The minimum absolute atomic E-state index is 0.00576. The fourth-order valence-corrected chi connectivity index (χ4v) is 4.57. The lowest BCUT2D eigenvalue weighted by atomic mass is 10.1. The number of anilines is 1. The Labute approximate surface area is 193 Å². The van der Waals surface area contributed by atoms with Crippen LogP contribution in [0.25, 0.3) is 11.0 Å². The Balaban J connectivity index is 1.41. The molecule has 5 rings (SSSR count). The summed E-state index contributed by atoms with van der Waals surface area (Å²) in [6, 6.07) is 23.8. The van der Waals surface area contributed by atoms with E-state index in [1.807, 2.05) is 65.6 Å². The number of para-hydroxylation sites is 4. The molecule has 1 fully saturated rings. The molecule has 3 aromatic carbocycles. The van der Waals surface area contributed by atoms with E-state index in [-0.39, 0.29) is 11.8 Å².